The molecule has 0 bridgehead atoms. The zero-order valence-corrected chi connectivity index (χ0v) is 12.4. The van der Waals surface area contributed by atoms with Crippen LogP contribution in [0.4, 0.5) is 5.69 Å². The van der Waals surface area contributed by atoms with Gasteiger partial charge in [0, 0.05) is 25.4 Å². The third kappa shape index (κ3) is 3.12. The summed E-state index contributed by atoms with van der Waals surface area (Å²) in [7, 11) is 0. The van der Waals surface area contributed by atoms with Gasteiger partial charge in [0.25, 0.3) is 5.91 Å². The Hall–Kier alpha value is -1.55. The first-order chi connectivity index (χ1) is 9.57. The normalized spacial score (nSPS) is 21.9. The highest BCUT2D eigenvalue weighted by Crippen LogP contribution is 2.28. The van der Waals surface area contributed by atoms with Gasteiger partial charge in [-0.25, -0.2) is 0 Å². The molecule has 0 spiro atoms. The minimum absolute atomic E-state index is 0.0834. The molecule has 2 rings (SSSR count). The SMILES string of the molecule is CCCN(Cc1ccccc1N)C(=O)C1(C)CCCO1. The van der Waals surface area contributed by atoms with Crippen molar-refractivity contribution in [3.63, 3.8) is 0 Å². The molecule has 1 aromatic rings. The van der Waals surface area contributed by atoms with Crippen LogP contribution in [0.5, 0.6) is 0 Å². The maximum Gasteiger partial charge on any atom is 0.254 e. The number of carbonyl (C=O) groups excluding carboxylic acids is 1. The summed E-state index contributed by atoms with van der Waals surface area (Å²) < 4.78 is 5.68. The van der Waals surface area contributed by atoms with E-state index in [1.165, 1.54) is 0 Å². The summed E-state index contributed by atoms with van der Waals surface area (Å²) in [5, 5.41) is 0. The largest absolute Gasteiger partial charge is 0.398 e. The Balaban J connectivity index is 2.14. The first-order valence-corrected chi connectivity index (χ1v) is 7.33. The number of amides is 1. The molecule has 0 radical (unpaired) electrons. The molecule has 4 heteroatoms. The molecule has 0 saturated carbocycles. The molecule has 1 unspecified atom stereocenters. The second kappa shape index (κ2) is 6.27. The van der Waals surface area contributed by atoms with Crippen molar-refractivity contribution in [3.8, 4) is 0 Å². The fourth-order valence-corrected chi connectivity index (χ4v) is 2.69. The highest BCUT2D eigenvalue weighted by molar-refractivity contribution is 5.85. The van der Waals surface area contributed by atoms with E-state index in [4.69, 9.17) is 10.5 Å². The lowest BCUT2D eigenvalue weighted by Crippen LogP contribution is -2.46. The number of anilines is 1. The zero-order valence-electron chi connectivity index (χ0n) is 12.4. The molecule has 20 heavy (non-hydrogen) atoms. The van der Waals surface area contributed by atoms with Gasteiger partial charge in [-0.15, -0.1) is 0 Å². The molecule has 0 aliphatic carbocycles. The van der Waals surface area contributed by atoms with Crippen molar-refractivity contribution in [2.75, 3.05) is 18.9 Å². The van der Waals surface area contributed by atoms with Crippen LogP contribution in [0.1, 0.15) is 38.7 Å². The van der Waals surface area contributed by atoms with Gasteiger partial charge in [-0.2, -0.15) is 0 Å². The number of carbonyl (C=O) groups is 1. The highest BCUT2D eigenvalue weighted by atomic mass is 16.5. The lowest BCUT2D eigenvalue weighted by molar-refractivity contribution is -0.151. The smallest absolute Gasteiger partial charge is 0.254 e. The van der Waals surface area contributed by atoms with Crippen LogP contribution in [0, 0.1) is 0 Å². The number of nitrogens with zero attached hydrogens (tertiary/aromatic N) is 1. The third-order valence-electron chi connectivity index (χ3n) is 3.87. The average Bonchev–Trinajstić information content (AvgIpc) is 2.88. The Morgan fingerprint density at radius 1 is 1.45 bits per heavy atom. The molecule has 1 saturated heterocycles. The van der Waals surface area contributed by atoms with Gasteiger partial charge in [0.05, 0.1) is 0 Å². The summed E-state index contributed by atoms with van der Waals surface area (Å²) in [6.45, 7) is 5.94. The number of rotatable bonds is 5. The molecular weight excluding hydrogens is 252 g/mol. The lowest BCUT2D eigenvalue weighted by Gasteiger charge is -2.31. The van der Waals surface area contributed by atoms with Gasteiger partial charge >= 0.3 is 0 Å². The van der Waals surface area contributed by atoms with Crippen molar-refractivity contribution in [1.29, 1.82) is 0 Å². The van der Waals surface area contributed by atoms with Crippen molar-refractivity contribution >= 4 is 11.6 Å². The number of para-hydroxylation sites is 1. The van der Waals surface area contributed by atoms with E-state index in [0.29, 0.717) is 13.2 Å². The number of nitrogen functional groups attached to an aromatic ring is 1. The predicted octanol–water partition coefficient (Wildman–Crippen LogP) is 2.58. The summed E-state index contributed by atoms with van der Waals surface area (Å²) >= 11 is 0. The van der Waals surface area contributed by atoms with Crippen molar-refractivity contribution in [3.05, 3.63) is 29.8 Å². The van der Waals surface area contributed by atoms with Gasteiger partial charge in [-0.1, -0.05) is 25.1 Å². The molecule has 1 heterocycles. The van der Waals surface area contributed by atoms with E-state index >= 15 is 0 Å². The zero-order chi connectivity index (χ0) is 14.6. The molecule has 0 aromatic heterocycles. The molecule has 110 valence electrons. The maximum atomic E-state index is 12.7. The lowest BCUT2D eigenvalue weighted by atomic mass is 10.00. The quantitative estimate of drug-likeness (QED) is 0.841. The Labute approximate surface area is 120 Å². The monoisotopic (exact) mass is 276 g/mol. The fourth-order valence-electron chi connectivity index (χ4n) is 2.69. The van der Waals surface area contributed by atoms with Gasteiger partial charge < -0.3 is 15.4 Å². The highest BCUT2D eigenvalue weighted by Gasteiger charge is 2.40. The number of ether oxygens (including phenoxy) is 1. The fraction of sp³-hybridized carbons (Fsp3) is 0.562. The summed E-state index contributed by atoms with van der Waals surface area (Å²) in [4.78, 5) is 14.6. The van der Waals surface area contributed by atoms with Gasteiger partial charge in [-0.05, 0) is 37.8 Å². The molecule has 2 N–H and O–H groups in total. The molecule has 1 aromatic carbocycles. The Morgan fingerprint density at radius 2 is 2.20 bits per heavy atom. The van der Waals surface area contributed by atoms with Crippen LogP contribution < -0.4 is 5.73 Å². The predicted molar refractivity (Wildman–Crippen MR) is 80.2 cm³/mol. The minimum Gasteiger partial charge on any atom is -0.398 e. The van der Waals surface area contributed by atoms with Crippen LogP contribution in [0.15, 0.2) is 24.3 Å². The second-order valence-electron chi connectivity index (χ2n) is 5.61. The summed E-state index contributed by atoms with van der Waals surface area (Å²) in [5.41, 5.74) is 7.06. The maximum absolute atomic E-state index is 12.7. The summed E-state index contributed by atoms with van der Waals surface area (Å²) in [6.07, 6.45) is 2.68. The molecule has 1 fully saturated rings. The first-order valence-electron chi connectivity index (χ1n) is 7.33. The average molecular weight is 276 g/mol. The Bertz CT molecular complexity index is 467. The van der Waals surface area contributed by atoms with E-state index in [9.17, 15) is 4.79 Å². The second-order valence-corrected chi connectivity index (χ2v) is 5.61. The van der Waals surface area contributed by atoms with E-state index in [2.05, 4.69) is 6.92 Å². The Morgan fingerprint density at radius 3 is 2.80 bits per heavy atom. The van der Waals surface area contributed by atoms with Crippen LogP contribution in [0.2, 0.25) is 0 Å². The third-order valence-corrected chi connectivity index (χ3v) is 3.87. The molecule has 1 amide bonds. The van der Waals surface area contributed by atoms with Gasteiger partial charge in [-0.3, -0.25) is 4.79 Å². The van der Waals surface area contributed by atoms with Crippen LogP contribution in [-0.4, -0.2) is 29.6 Å². The van der Waals surface area contributed by atoms with Crippen LogP contribution in [-0.2, 0) is 16.1 Å². The van der Waals surface area contributed by atoms with Crippen molar-refractivity contribution in [1.82, 2.24) is 4.90 Å². The number of hydrogen-bond acceptors (Lipinski definition) is 3. The topological polar surface area (TPSA) is 55.6 Å². The molecule has 1 aliphatic rings. The van der Waals surface area contributed by atoms with Gasteiger partial charge in [0.15, 0.2) is 0 Å². The van der Waals surface area contributed by atoms with Crippen LogP contribution in [0.3, 0.4) is 0 Å². The summed E-state index contributed by atoms with van der Waals surface area (Å²) in [5.74, 6) is 0.0834. The Kier molecular flexibility index (Phi) is 4.65. The van der Waals surface area contributed by atoms with E-state index in [-0.39, 0.29) is 5.91 Å². The molecule has 1 atom stereocenters. The van der Waals surface area contributed by atoms with E-state index in [1.807, 2.05) is 36.1 Å². The standard InChI is InChI=1S/C16H24N2O2/c1-3-10-18(12-13-7-4-5-8-14(13)17)15(19)16(2)9-6-11-20-16/h4-5,7-8H,3,6,9-12,17H2,1-2H3. The van der Waals surface area contributed by atoms with Crippen molar-refractivity contribution in [2.45, 2.75) is 45.3 Å². The first kappa shape index (κ1) is 14.9. The summed E-state index contributed by atoms with van der Waals surface area (Å²) in [6, 6.07) is 7.71. The van der Waals surface area contributed by atoms with Gasteiger partial charge in [0.2, 0.25) is 0 Å². The molecule has 1 aliphatic heterocycles. The van der Waals surface area contributed by atoms with Crippen LogP contribution in [0.25, 0.3) is 0 Å². The minimum atomic E-state index is -0.654. The van der Waals surface area contributed by atoms with E-state index < -0.39 is 5.60 Å². The number of hydrogen-bond donors (Lipinski definition) is 1. The van der Waals surface area contributed by atoms with Crippen molar-refractivity contribution < 1.29 is 9.53 Å². The number of nitrogens with two attached hydrogens (primary N) is 1. The van der Waals surface area contributed by atoms with Crippen molar-refractivity contribution in [2.24, 2.45) is 0 Å². The molecule has 4 nitrogen and oxygen atoms in total. The van der Waals surface area contributed by atoms with Crippen LogP contribution >= 0.6 is 0 Å². The number of benzene rings is 1. The van der Waals surface area contributed by atoms with Gasteiger partial charge in [0.1, 0.15) is 5.60 Å². The van der Waals surface area contributed by atoms with E-state index in [1.54, 1.807) is 0 Å². The molecular formula is C16H24N2O2. The van der Waals surface area contributed by atoms with E-state index in [0.717, 1.165) is 37.1 Å².